The molecule has 6 heteroatoms. The van der Waals surface area contributed by atoms with Crippen LogP contribution < -0.4 is 4.74 Å². The Hall–Kier alpha value is -2.34. The number of carbonyl (C=O) groups is 1. The summed E-state index contributed by atoms with van der Waals surface area (Å²) in [6.45, 7) is 6.90. The minimum Gasteiger partial charge on any atom is -0.497 e. The highest BCUT2D eigenvalue weighted by Gasteiger charge is 2.30. The quantitative estimate of drug-likeness (QED) is 0.854. The molecular weight excluding hydrogens is 316 g/mol. The van der Waals surface area contributed by atoms with E-state index in [1.54, 1.807) is 14.0 Å². The fraction of sp³-hybridized carbons (Fsp3) is 0.474. The topological polar surface area (TPSA) is 50.6 Å². The largest absolute Gasteiger partial charge is 0.497 e. The van der Waals surface area contributed by atoms with E-state index in [1.165, 1.54) is 16.8 Å². The predicted octanol–water partition coefficient (Wildman–Crippen LogP) is 2.14. The van der Waals surface area contributed by atoms with Gasteiger partial charge in [-0.3, -0.25) is 14.4 Å². The molecule has 2 aromatic rings. The zero-order valence-electron chi connectivity index (χ0n) is 15.4. The molecule has 0 N–H and O–H groups in total. The first-order valence-corrected chi connectivity index (χ1v) is 8.60. The molecule has 1 atom stereocenters. The molecule has 3 rings (SSSR count). The van der Waals surface area contributed by atoms with Crippen LogP contribution in [0.2, 0.25) is 0 Å². The van der Waals surface area contributed by atoms with E-state index in [1.807, 2.05) is 35.0 Å². The van der Waals surface area contributed by atoms with Crippen molar-refractivity contribution >= 4 is 5.91 Å². The lowest BCUT2D eigenvalue weighted by atomic mass is 10.0. The monoisotopic (exact) mass is 342 g/mol. The number of rotatable bonds is 4. The van der Waals surface area contributed by atoms with Gasteiger partial charge in [-0.05, 0) is 24.6 Å². The maximum Gasteiger partial charge on any atom is 0.219 e. The Labute approximate surface area is 149 Å². The molecule has 1 amide bonds. The van der Waals surface area contributed by atoms with Crippen LogP contribution in [-0.4, -0.2) is 52.2 Å². The van der Waals surface area contributed by atoms with Crippen LogP contribution in [0, 0.1) is 6.92 Å². The fourth-order valence-corrected chi connectivity index (χ4v) is 3.36. The summed E-state index contributed by atoms with van der Waals surface area (Å²) in [5, 5.41) is 4.35. The highest BCUT2D eigenvalue weighted by Crippen LogP contribution is 2.29. The van der Waals surface area contributed by atoms with Crippen molar-refractivity contribution in [2.24, 2.45) is 7.05 Å². The maximum absolute atomic E-state index is 11.9. The molecule has 1 aliphatic heterocycles. The van der Waals surface area contributed by atoms with Crippen LogP contribution in [0.15, 0.2) is 30.5 Å². The van der Waals surface area contributed by atoms with E-state index in [0.29, 0.717) is 6.54 Å². The summed E-state index contributed by atoms with van der Waals surface area (Å²) in [6, 6.07) is 8.32. The zero-order valence-corrected chi connectivity index (χ0v) is 15.4. The summed E-state index contributed by atoms with van der Waals surface area (Å²) in [6.07, 6.45) is 1.94. The van der Waals surface area contributed by atoms with E-state index >= 15 is 0 Å². The highest BCUT2D eigenvalue weighted by molar-refractivity contribution is 5.73. The molecule has 134 valence electrons. The molecule has 1 unspecified atom stereocenters. The second-order valence-electron chi connectivity index (χ2n) is 6.60. The number of benzene rings is 1. The third-order valence-electron chi connectivity index (χ3n) is 5.15. The molecule has 1 saturated heterocycles. The number of hydrogen-bond acceptors (Lipinski definition) is 4. The van der Waals surface area contributed by atoms with Gasteiger partial charge in [-0.1, -0.05) is 12.1 Å². The molecule has 1 fully saturated rings. The molecule has 0 aliphatic carbocycles. The number of aryl methyl sites for hydroxylation is 1. The summed E-state index contributed by atoms with van der Waals surface area (Å²) in [7, 11) is 3.64. The lowest BCUT2D eigenvalue weighted by Crippen LogP contribution is -2.49. The van der Waals surface area contributed by atoms with Gasteiger partial charge in [0.25, 0.3) is 0 Å². The van der Waals surface area contributed by atoms with Gasteiger partial charge in [0.2, 0.25) is 5.91 Å². The summed E-state index contributed by atoms with van der Waals surface area (Å²) in [5.41, 5.74) is 3.62. The van der Waals surface area contributed by atoms with Gasteiger partial charge >= 0.3 is 0 Å². The van der Waals surface area contributed by atoms with Gasteiger partial charge in [-0.2, -0.15) is 5.10 Å². The lowest BCUT2D eigenvalue weighted by Gasteiger charge is -2.41. The van der Waals surface area contributed by atoms with Crippen molar-refractivity contribution < 1.29 is 9.53 Å². The number of ether oxygens (including phenoxy) is 1. The molecule has 25 heavy (non-hydrogen) atoms. The number of hydrogen-bond donors (Lipinski definition) is 0. The molecule has 1 aliphatic rings. The number of amides is 1. The highest BCUT2D eigenvalue weighted by atomic mass is 16.5. The molecule has 0 bridgehead atoms. The van der Waals surface area contributed by atoms with Crippen molar-refractivity contribution in [3.05, 3.63) is 47.3 Å². The van der Waals surface area contributed by atoms with Crippen molar-refractivity contribution in [2.75, 3.05) is 26.7 Å². The molecule has 6 nitrogen and oxygen atoms in total. The number of aromatic nitrogens is 2. The van der Waals surface area contributed by atoms with E-state index in [-0.39, 0.29) is 11.9 Å². The fourth-order valence-electron chi connectivity index (χ4n) is 3.36. The first kappa shape index (κ1) is 17.5. The summed E-state index contributed by atoms with van der Waals surface area (Å²) in [4.78, 5) is 16.2. The van der Waals surface area contributed by atoms with Gasteiger partial charge in [-0.15, -0.1) is 0 Å². The van der Waals surface area contributed by atoms with Crippen LogP contribution in [-0.2, 0) is 18.4 Å². The number of piperazine rings is 1. The second kappa shape index (κ2) is 7.27. The molecule has 1 aromatic carbocycles. The van der Waals surface area contributed by atoms with Crippen molar-refractivity contribution in [1.82, 2.24) is 19.6 Å². The third-order valence-corrected chi connectivity index (χ3v) is 5.15. The van der Waals surface area contributed by atoms with Crippen LogP contribution in [0.5, 0.6) is 5.75 Å². The normalized spacial score (nSPS) is 18.4. The molecule has 0 spiro atoms. The Morgan fingerprint density at radius 2 is 2.00 bits per heavy atom. The van der Waals surface area contributed by atoms with Crippen LogP contribution in [0.1, 0.15) is 29.8 Å². The van der Waals surface area contributed by atoms with Gasteiger partial charge in [-0.25, -0.2) is 0 Å². The summed E-state index contributed by atoms with van der Waals surface area (Å²) < 4.78 is 7.17. The predicted molar refractivity (Wildman–Crippen MR) is 96.3 cm³/mol. The van der Waals surface area contributed by atoms with Crippen LogP contribution in [0.25, 0.3) is 0 Å². The lowest BCUT2D eigenvalue weighted by molar-refractivity contribution is -0.132. The van der Waals surface area contributed by atoms with Crippen molar-refractivity contribution in [1.29, 1.82) is 0 Å². The minimum absolute atomic E-state index is 0.135. The van der Waals surface area contributed by atoms with Gasteiger partial charge in [0.05, 0.1) is 19.3 Å². The smallest absolute Gasteiger partial charge is 0.219 e. The van der Waals surface area contributed by atoms with Crippen molar-refractivity contribution in [3.8, 4) is 5.75 Å². The minimum atomic E-state index is 0.135. The van der Waals surface area contributed by atoms with E-state index in [0.717, 1.165) is 25.4 Å². The number of nitrogens with zero attached hydrogens (tertiary/aromatic N) is 4. The van der Waals surface area contributed by atoms with Crippen LogP contribution in [0.4, 0.5) is 0 Å². The third kappa shape index (κ3) is 3.69. The molecule has 0 radical (unpaired) electrons. The average molecular weight is 342 g/mol. The molecule has 2 heterocycles. The second-order valence-corrected chi connectivity index (χ2v) is 6.60. The van der Waals surface area contributed by atoms with E-state index in [2.05, 4.69) is 29.1 Å². The Kier molecular flexibility index (Phi) is 5.08. The first-order valence-electron chi connectivity index (χ1n) is 8.60. The zero-order chi connectivity index (χ0) is 18.0. The number of methoxy groups -OCH3 is 1. The summed E-state index contributed by atoms with van der Waals surface area (Å²) in [5.74, 6) is 0.980. The van der Waals surface area contributed by atoms with Crippen LogP contribution >= 0.6 is 0 Å². The Balaban J connectivity index is 1.85. The molecule has 0 saturated carbocycles. The summed E-state index contributed by atoms with van der Waals surface area (Å²) >= 11 is 0. The van der Waals surface area contributed by atoms with E-state index in [9.17, 15) is 4.79 Å². The standard InChI is InChI=1S/C19H26N4O2/c1-14-17(11-20-21(14)3)12-23-10-9-22(15(2)24)13-19(23)16-5-7-18(25-4)8-6-16/h5-8,11,19H,9-10,12-13H2,1-4H3. The Morgan fingerprint density at radius 3 is 2.56 bits per heavy atom. The maximum atomic E-state index is 11.9. The Bertz CT molecular complexity index is 738. The van der Waals surface area contributed by atoms with Gasteiger partial charge in [0, 0.05) is 51.4 Å². The average Bonchev–Trinajstić information content (AvgIpc) is 2.94. The van der Waals surface area contributed by atoms with Gasteiger partial charge < -0.3 is 9.64 Å². The number of carbonyl (C=O) groups excluding carboxylic acids is 1. The van der Waals surface area contributed by atoms with Crippen molar-refractivity contribution in [2.45, 2.75) is 26.4 Å². The van der Waals surface area contributed by atoms with Gasteiger partial charge in [0.1, 0.15) is 5.75 Å². The van der Waals surface area contributed by atoms with Gasteiger partial charge in [0.15, 0.2) is 0 Å². The molecular formula is C19H26N4O2. The molecule has 1 aromatic heterocycles. The van der Waals surface area contributed by atoms with Crippen LogP contribution in [0.3, 0.4) is 0 Å². The first-order chi connectivity index (χ1) is 12.0. The Morgan fingerprint density at radius 1 is 1.28 bits per heavy atom. The SMILES string of the molecule is COc1ccc(C2CN(C(C)=O)CCN2Cc2cnn(C)c2C)cc1. The van der Waals surface area contributed by atoms with E-state index < -0.39 is 0 Å². The van der Waals surface area contributed by atoms with Crippen molar-refractivity contribution in [3.63, 3.8) is 0 Å². The van der Waals surface area contributed by atoms with E-state index in [4.69, 9.17) is 4.74 Å².